The van der Waals surface area contributed by atoms with Gasteiger partial charge in [0.25, 0.3) is 0 Å². The first-order valence-corrected chi connectivity index (χ1v) is 14.3. The monoisotopic (exact) mass is 577 g/mol. The molecule has 5 rings (SSSR count). The van der Waals surface area contributed by atoms with Gasteiger partial charge < -0.3 is 24.0 Å². The van der Waals surface area contributed by atoms with Gasteiger partial charge >= 0.3 is 12.2 Å². The van der Waals surface area contributed by atoms with Crippen LogP contribution in [0.15, 0.2) is 28.8 Å². The standard InChI is InChI=1S/C29H38F3N5O4/c1-28(2,3)16-24(38)37-10-4-5-23(37)26-33-25(34-41-26)21-15-20(19-6-8-22(9-7-19)29(30,31)32)17-36(18-21)27(39)35-11-13-40-14-12-35/h6-9,20-21,23H,4-5,10-18H2,1-3H3/t20?,21?,23-/m0/s1. The van der Waals surface area contributed by atoms with Gasteiger partial charge in [0.15, 0.2) is 5.82 Å². The lowest BCUT2D eigenvalue weighted by atomic mass is 9.84. The molecule has 1 aromatic carbocycles. The minimum atomic E-state index is -4.42. The zero-order valence-electron chi connectivity index (χ0n) is 23.8. The third-order valence-corrected chi connectivity index (χ3v) is 8.07. The number of amides is 3. The molecule has 0 N–H and O–H groups in total. The molecular weight excluding hydrogens is 539 g/mol. The lowest BCUT2D eigenvalue weighted by Gasteiger charge is -2.40. The summed E-state index contributed by atoms with van der Waals surface area (Å²) in [5.74, 6) is 0.411. The summed E-state index contributed by atoms with van der Waals surface area (Å²) in [6, 6.07) is 4.74. The number of likely N-dealkylation sites (tertiary alicyclic amines) is 2. The number of halogens is 3. The van der Waals surface area contributed by atoms with Crippen molar-refractivity contribution in [3.8, 4) is 0 Å². The Morgan fingerprint density at radius 2 is 1.66 bits per heavy atom. The summed E-state index contributed by atoms with van der Waals surface area (Å²) in [6.07, 6.45) is -1.87. The number of carbonyl (C=O) groups is 2. The number of urea groups is 1. The van der Waals surface area contributed by atoms with Crippen molar-refractivity contribution in [2.24, 2.45) is 5.41 Å². The summed E-state index contributed by atoms with van der Waals surface area (Å²) in [6.45, 7) is 9.36. The average molecular weight is 578 g/mol. The summed E-state index contributed by atoms with van der Waals surface area (Å²) in [4.78, 5) is 36.5. The van der Waals surface area contributed by atoms with Gasteiger partial charge in [-0.05, 0) is 42.4 Å². The van der Waals surface area contributed by atoms with Crippen LogP contribution in [0.5, 0.6) is 0 Å². The minimum absolute atomic E-state index is 0.0575. The van der Waals surface area contributed by atoms with Crippen molar-refractivity contribution in [1.29, 1.82) is 0 Å². The zero-order valence-corrected chi connectivity index (χ0v) is 23.8. The summed E-state index contributed by atoms with van der Waals surface area (Å²) < 4.78 is 50.7. The van der Waals surface area contributed by atoms with Gasteiger partial charge in [-0.1, -0.05) is 38.1 Å². The van der Waals surface area contributed by atoms with Gasteiger partial charge in [0.2, 0.25) is 11.8 Å². The van der Waals surface area contributed by atoms with Crippen molar-refractivity contribution >= 4 is 11.9 Å². The predicted molar refractivity (Wildman–Crippen MR) is 143 cm³/mol. The fraction of sp³-hybridized carbons (Fsp3) is 0.655. The summed E-state index contributed by atoms with van der Waals surface area (Å²) in [5, 5.41) is 4.29. The van der Waals surface area contributed by atoms with E-state index in [1.807, 2.05) is 25.7 Å². The molecule has 41 heavy (non-hydrogen) atoms. The number of alkyl halides is 3. The molecule has 4 heterocycles. The van der Waals surface area contributed by atoms with Crippen LogP contribution >= 0.6 is 0 Å². The van der Waals surface area contributed by atoms with Crippen LogP contribution in [0.25, 0.3) is 0 Å². The van der Waals surface area contributed by atoms with E-state index < -0.39 is 11.7 Å². The molecule has 3 aliphatic rings. The maximum atomic E-state index is 13.5. The predicted octanol–water partition coefficient (Wildman–Crippen LogP) is 5.21. The fourth-order valence-electron chi connectivity index (χ4n) is 6.01. The smallest absolute Gasteiger partial charge is 0.378 e. The quantitative estimate of drug-likeness (QED) is 0.495. The van der Waals surface area contributed by atoms with Gasteiger partial charge in [-0.3, -0.25) is 4.79 Å². The van der Waals surface area contributed by atoms with Crippen LogP contribution in [0.3, 0.4) is 0 Å². The Morgan fingerprint density at radius 3 is 2.32 bits per heavy atom. The molecule has 0 radical (unpaired) electrons. The Balaban J connectivity index is 1.37. The van der Waals surface area contributed by atoms with Crippen LogP contribution in [-0.2, 0) is 15.7 Å². The Hall–Kier alpha value is -3.15. The summed E-state index contributed by atoms with van der Waals surface area (Å²) >= 11 is 0. The number of piperidine rings is 1. The second-order valence-corrected chi connectivity index (χ2v) is 12.5. The first-order chi connectivity index (χ1) is 19.4. The minimum Gasteiger partial charge on any atom is -0.378 e. The van der Waals surface area contributed by atoms with Gasteiger partial charge in [0.05, 0.1) is 18.8 Å². The van der Waals surface area contributed by atoms with E-state index in [-0.39, 0.29) is 35.2 Å². The SMILES string of the molecule is CC(C)(C)CC(=O)N1CCC[C@H]1c1nc(C2CC(c3ccc(C(F)(F)F)cc3)CN(C(=O)N3CCOCC3)C2)no1. The van der Waals surface area contributed by atoms with Crippen molar-refractivity contribution in [3.63, 3.8) is 0 Å². The van der Waals surface area contributed by atoms with Crippen molar-refractivity contribution in [3.05, 3.63) is 47.1 Å². The second-order valence-electron chi connectivity index (χ2n) is 12.5. The Morgan fingerprint density at radius 1 is 0.976 bits per heavy atom. The maximum Gasteiger partial charge on any atom is 0.416 e. The molecular formula is C29H38F3N5O4. The van der Waals surface area contributed by atoms with E-state index in [0.29, 0.717) is 70.5 Å². The van der Waals surface area contributed by atoms with E-state index in [0.717, 1.165) is 30.5 Å². The zero-order chi connectivity index (χ0) is 29.4. The Bertz CT molecular complexity index is 1220. The molecule has 12 heteroatoms. The van der Waals surface area contributed by atoms with Crippen molar-refractivity contribution in [1.82, 2.24) is 24.8 Å². The number of aromatic nitrogens is 2. The van der Waals surface area contributed by atoms with Crippen LogP contribution < -0.4 is 0 Å². The number of ether oxygens (including phenoxy) is 1. The summed E-state index contributed by atoms with van der Waals surface area (Å²) in [7, 11) is 0. The normalized spacial score (nSPS) is 24.1. The van der Waals surface area contributed by atoms with E-state index in [1.165, 1.54) is 12.1 Å². The first-order valence-electron chi connectivity index (χ1n) is 14.3. The molecule has 3 fully saturated rings. The number of benzene rings is 1. The molecule has 0 bridgehead atoms. The number of hydrogen-bond acceptors (Lipinski definition) is 6. The number of nitrogens with zero attached hydrogens (tertiary/aromatic N) is 5. The molecule has 3 aliphatic heterocycles. The van der Waals surface area contributed by atoms with Crippen molar-refractivity contribution < 1.29 is 32.0 Å². The number of carbonyl (C=O) groups excluding carboxylic acids is 2. The molecule has 224 valence electrons. The molecule has 9 nitrogen and oxygen atoms in total. The van der Waals surface area contributed by atoms with E-state index >= 15 is 0 Å². The van der Waals surface area contributed by atoms with Crippen LogP contribution in [0.4, 0.5) is 18.0 Å². The molecule has 1 aromatic heterocycles. The topological polar surface area (TPSA) is 92.0 Å². The van der Waals surface area contributed by atoms with Gasteiger partial charge in [0.1, 0.15) is 6.04 Å². The Labute approximate surface area is 238 Å². The summed E-state index contributed by atoms with van der Waals surface area (Å²) in [5.41, 5.74) is -0.128. The largest absolute Gasteiger partial charge is 0.416 e. The van der Waals surface area contributed by atoms with Crippen LogP contribution in [0, 0.1) is 5.41 Å². The lowest BCUT2D eigenvalue weighted by Crippen LogP contribution is -2.52. The highest BCUT2D eigenvalue weighted by molar-refractivity contribution is 5.77. The van der Waals surface area contributed by atoms with Gasteiger partial charge in [-0.2, -0.15) is 18.2 Å². The first kappa shape index (κ1) is 29.3. The molecule has 0 spiro atoms. The molecule has 2 aromatic rings. The van der Waals surface area contributed by atoms with E-state index in [4.69, 9.17) is 14.2 Å². The molecule has 3 atom stereocenters. The highest BCUT2D eigenvalue weighted by Gasteiger charge is 2.39. The second kappa shape index (κ2) is 11.6. The maximum absolute atomic E-state index is 13.5. The molecule has 0 saturated carbocycles. The van der Waals surface area contributed by atoms with Crippen molar-refractivity contribution in [2.45, 2.75) is 70.5 Å². The number of rotatable bonds is 4. The van der Waals surface area contributed by atoms with Gasteiger partial charge in [-0.25, -0.2) is 4.79 Å². The molecule has 2 unspecified atom stereocenters. The van der Waals surface area contributed by atoms with Crippen LogP contribution in [0.1, 0.15) is 87.2 Å². The van der Waals surface area contributed by atoms with Crippen LogP contribution in [-0.4, -0.2) is 82.7 Å². The number of morpholine rings is 1. The lowest BCUT2D eigenvalue weighted by molar-refractivity contribution is -0.137. The molecule has 3 amide bonds. The number of hydrogen-bond donors (Lipinski definition) is 0. The third kappa shape index (κ3) is 6.85. The molecule has 0 aliphatic carbocycles. The highest BCUT2D eigenvalue weighted by Crippen LogP contribution is 2.39. The fourth-order valence-corrected chi connectivity index (χ4v) is 6.01. The van der Waals surface area contributed by atoms with Gasteiger partial charge in [-0.15, -0.1) is 0 Å². The van der Waals surface area contributed by atoms with E-state index in [9.17, 15) is 22.8 Å². The van der Waals surface area contributed by atoms with Crippen LogP contribution in [0.2, 0.25) is 0 Å². The van der Waals surface area contributed by atoms with Crippen molar-refractivity contribution in [2.75, 3.05) is 45.9 Å². The molecule has 3 saturated heterocycles. The average Bonchev–Trinajstić information content (AvgIpc) is 3.62. The van der Waals surface area contributed by atoms with E-state index in [1.54, 1.807) is 9.80 Å². The highest BCUT2D eigenvalue weighted by atomic mass is 19.4. The van der Waals surface area contributed by atoms with Gasteiger partial charge in [0, 0.05) is 51.0 Å². The third-order valence-electron chi connectivity index (χ3n) is 8.07. The Kier molecular flexibility index (Phi) is 8.31. The van der Waals surface area contributed by atoms with E-state index in [2.05, 4.69) is 5.16 Å².